The maximum Gasteiger partial charge on any atom is 0.263 e. The Bertz CT molecular complexity index is 1400. The average Bonchev–Trinajstić information content (AvgIpc) is 3.66. The van der Waals surface area contributed by atoms with E-state index in [0.29, 0.717) is 38.2 Å². The summed E-state index contributed by atoms with van der Waals surface area (Å²) in [6, 6.07) is 19.9. The van der Waals surface area contributed by atoms with Crippen molar-refractivity contribution in [3.8, 4) is 16.5 Å². The van der Waals surface area contributed by atoms with Crippen LogP contribution in [-0.4, -0.2) is 41.2 Å². The molecule has 35 heavy (non-hydrogen) atoms. The number of piperidine rings is 1. The molecule has 1 fully saturated rings. The number of nitrogens with one attached hydrogen (secondary N) is 1. The highest BCUT2D eigenvalue weighted by Gasteiger charge is 2.28. The number of likely N-dealkylation sites (tertiary alicyclic amines) is 1. The second kappa shape index (κ2) is 9.11. The molecule has 1 N–H and O–H groups in total. The number of aromatic nitrogens is 1. The van der Waals surface area contributed by atoms with E-state index in [9.17, 15) is 9.59 Å². The van der Waals surface area contributed by atoms with E-state index >= 15 is 0 Å². The summed E-state index contributed by atoms with van der Waals surface area (Å²) >= 11 is 1.50. The van der Waals surface area contributed by atoms with Crippen molar-refractivity contribution in [1.82, 2.24) is 14.8 Å². The maximum absolute atomic E-state index is 13.1. The highest BCUT2D eigenvalue weighted by atomic mass is 32.1. The van der Waals surface area contributed by atoms with Crippen molar-refractivity contribution in [3.63, 3.8) is 0 Å². The number of carbonyl (C=O) groups is 2. The van der Waals surface area contributed by atoms with E-state index in [-0.39, 0.29) is 24.5 Å². The third kappa shape index (κ3) is 4.25. The molecule has 4 aromatic rings. The third-order valence-corrected chi connectivity index (χ3v) is 7.77. The van der Waals surface area contributed by atoms with Crippen molar-refractivity contribution in [1.29, 1.82) is 0 Å². The van der Waals surface area contributed by atoms with Gasteiger partial charge >= 0.3 is 0 Å². The van der Waals surface area contributed by atoms with Gasteiger partial charge in [0.25, 0.3) is 5.91 Å². The Morgan fingerprint density at radius 3 is 2.69 bits per heavy atom. The number of nitrogens with zero attached hydrogens (tertiary/aromatic N) is 2. The zero-order valence-electron chi connectivity index (χ0n) is 19.1. The molecule has 0 aliphatic carbocycles. The first-order chi connectivity index (χ1) is 17.2. The molecule has 6 rings (SSSR count). The van der Waals surface area contributed by atoms with Crippen LogP contribution in [0.2, 0.25) is 0 Å². The minimum Gasteiger partial charge on any atom is -0.454 e. The molecule has 2 aliphatic heterocycles. The molecule has 0 atom stereocenters. The summed E-state index contributed by atoms with van der Waals surface area (Å²) in [5, 5.41) is 5.22. The van der Waals surface area contributed by atoms with Crippen LogP contribution in [0.3, 0.4) is 0 Å². The van der Waals surface area contributed by atoms with Crippen LogP contribution >= 0.6 is 11.3 Å². The first-order valence-corrected chi connectivity index (χ1v) is 12.6. The van der Waals surface area contributed by atoms with Crippen molar-refractivity contribution >= 4 is 34.1 Å². The van der Waals surface area contributed by atoms with Crippen LogP contribution in [-0.2, 0) is 11.3 Å². The van der Waals surface area contributed by atoms with Gasteiger partial charge in [0, 0.05) is 31.7 Å². The number of thiophene rings is 1. The van der Waals surface area contributed by atoms with Crippen LogP contribution in [0, 0.1) is 5.92 Å². The van der Waals surface area contributed by atoms with Gasteiger partial charge in [-0.2, -0.15) is 0 Å². The topological polar surface area (TPSA) is 72.8 Å². The zero-order chi connectivity index (χ0) is 23.8. The van der Waals surface area contributed by atoms with E-state index in [2.05, 4.69) is 28.1 Å². The number of ether oxygens (including phenoxy) is 2. The highest BCUT2D eigenvalue weighted by Crippen LogP contribution is 2.32. The molecule has 8 heteroatoms. The number of rotatable bonds is 5. The van der Waals surface area contributed by atoms with Crippen LogP contribution in [0.15, 0.2) is 66.9 Å². The quantitative estimate of drug-likeness (QED) is 0.447. The Labute approximate surface area is 206 Å². The molecule has 0 spiro atoms. The molecule has 2 aromatic carbocycles. The van der Waals surface area contributed by atoms with Gasteiger partial charge < -0.3 is 24.3 Å². The van der Waals surface area contributed by atoms with Crippen LogP contribution in [0.25, 0.3) is 15.9 Å². The summed E-state index contributed by atoms with van der Waals surface area (Å²) < 4.78 is 12.9. The van der Waals surface area contributed by atoms with Crippen LogP contribution in [0.5, 0.6) is 11.5 Å². The van der Waals surface area contributed by atoms with E-state index in [1.54, 1.807) is 0 Å². The normalized spacial score (nSPS) is 15.5. The fraction of sp³-hybridized carbons (Fsp3) is 0.259. The Morgan fingerprint density at radius 2 is 1.80 bits per heavy atom. The number of carbonyl (C=O) groups excluding carboxylic acids is 2. The molecule has 1 saturated heterocycles. The van der Waals surface area contributed by atoms with Gasteiger partial charge in [-0.1, -0.05) is 24.3 Å². The minimum absolute atomic E-state index is 0.0349. The number of hydrogen-bond acceptors (Lipinski definition) is 5. The summed E-state index contributed by atoms with van der Waals surface area (Å²) in [6.45, 7) is 1.85. The second-order valence-electron chi connectivity index (χ2n) is 8.85. The van der Waals surface area contributed by atoms with Gasteiger partial charge in [0.1, 0.15) is 5.00 Å². The van der Waals surface area contributed by atoms with E-state index in [1.807, 2.05) is 53.6 Å². The number of amides is 2. The van der Waals surface area contributed by atoms with E-state index in [4.69, 9.17) is 9.47 Å². The van der Waals surface area contributed by atoms with Gasteiger partial charge in [-0.25, -0.2) is 0 Å². The molecular weight excluding hydrogens is 462 g/mol. The van der Waals surface area contributed by atoms with Crippen molar-refractivity contribution in [2.45, 2.75) is 19.4 Å². The lowest BCUT2D eigenvalue weighted by molar-refractivity contribution is -0.126. The first-order valence-electron chi connectivity index (χ1n) is 11.8. The van der Waals surface area contributed by atoms with Gasteiger partial charge in [0.15, 0.2) is 11.5 Å². The smallest absolute Gasteiger partial charge is 0.263 e. The van der Waals surface area contributed by atoms with Crippen LogP contribution in [0.4, 0.5) is 0 Å². The molecule has 2 amide bonds. The predicted molar refractivity (Wildman–Crippen MR) is 134 cm³/mol. The number of fused-ring (bicyclic) bond motifs is 2. The number of hydrogen-bond donors (Lipinski definition) is 1. The molecule has 4 heterocycles. The average molecular weight is 488 g/mol. The lowest BCUT2D eigenvalue weighted by Gasteiger charge is -2.31. The molecule has 7 nitrogen and oxygen atoms in total. The van der Waals surface area contributed by atoms with Crippen molar-refractivity contribution in [2.24, 2.45) is 5.92 Å². The van der Waals surface area contributed by atoms with E-state index < -0.39 is 0 Å². The lowest BCUT2D eigenvalue weighted by Crippen LogP contribution is -2.42. The third-order valence-electron chi connectivity index (χ3n) is 6.70. The number of benzene rings is 2. The highest BCUT2D eigenvalue weighted by molar-refractivity contribution is 7.16. The largest absolute Gasteiger partial charge is 0.454 e. The molecule has 0 bridgehead atoms. The fourth-order valence-electron chi connectivity index (χ4n) is 4.73. The monoisotopic (exact) mass is 487 g/mol. The summed E-state index contributed by atoms with van der Waals surface area (Å²) in [5.74, 6) is 1.43. The van der Waals surface area contributed by atoms with Crippen LogP contribution < -0.4 is 14.8 Å². The SMILES string of the molecule is O=C(NCc1ccc2c(c1)OCO2)C1CCN(C(=O)c2ccc(-n3ccc4ccccc43)s2)CC1. The molecular formula is C27H25N3O4S. The van der Waals surface area contributed by atoms with Gasteiger partial charge in [-0.15, -0.1) is 11.3 Å². The first kappa shape index (κ1) is 21.7. The number of para-hydroxylation sites is 1. The Hall–Kier alpha value is -3.78. The Balaban J connectivity index is 1.04. The molecule has 178 valence electrons. The zero-order valence-corrected chi connectivity index (χ0v) is 19.9. The molecule has 2 aliphatic rings. The lowest BCUT2D eigenvalue weighted by atomic mass is 9.95. The van der Waals surface area contributed by atoms with Gasteiger partial charge in [0.05, 0.1) is 10.4 Å². The van der Waals surface area contributed by atoms with Crippen molar-refractivity contribution < 1.29 is 19.1 Å². The summed E-state index contributed by atoms with van der Waals surface area (Å²) in [5.41, 5.74) is 2.10. The van der Waals surface area contributed by atoms with Crippen molar-refractivity contribution in [2.75, 3.05) is 19.9 Å². The second-order valence-corrected chi connectivity index (χ2v) is 9.92. The molecule has 2 aromatic heterocycles. The van der Waals surface area contributed by atoms with Gasteiger partial charge in [0.2, 0.25) is 12.7 Å². The Morgan fingerprint density at radius 1 is 0.971 bits per heavy atom. The van der Waals surface area contributed by atoms with Gasteiger partial charge in [-0.3, -0.25) is 9.59 Å². The van der Waals surface area contributed by atoms with Gasteiger partial charge in [-0.05, 0) is 60.2 Å². The summed E-state index contributed by atoms with van der Waals surface area (Å²) in [6.07, 6.45) is 3.37. The Kier molecular flexibility index (Phi) is 5.66. The van der Waals surface area contributed by atoms with Crippen molar-refractivity contribution in [3.05, 3.63) is 77.3 Å². The maximum atomic E-state index is 13.1. The predicted octanol–water partition coefficient (Wildman–Crippen LogP) is 4.59. The molecule has 0 unspecified atom stereocenters. The molecule has 0 saturated carbocycles. The standard InChI is InChI=1S/C27H25N3O4S/c31-26(28-16-18-5-6-22-23(15-18)34-17-33-22)20-9-12-29(13-10-20)27(32)24-7-8-25(35-24)30-14-11-19-3-1-2-4-21(19)30/h1-8,11,14-15,20H,9-10,12-13,16-17H2,(H,28,31). The summed E-state index contributed by atoms with van der Waals surface area (Å²) in [7, 11) is 0. The van der Waals surface area contributed by atoms with E-state index in [0.717, 1.165) is 26.7 Å². The molecule has 0 radical (unpaired) electrons. The summed E-state index contributed by atoms with van der Waals surface area (Å²) in [4.78, 5) is 28.4. The van der Waals surface area contributed by atoms with Crippen LogP contribution in [0.1, 0.15) is 28.1 Å². The van der Waals surface area contributed by atoms with E-state index in [1.165, 1.54) is 16.7 Å². The fourth-order valence-corrected chi connectivity index (χ4v) is 5.70. The minimum atomic E-state index is -0.0850.